The highest BCUT2D eigenvalue weighted by Crippen LogP contribution is 2.29. The predicted octanol–water partition coefficient (Wildman–Crippen LogP) is 3.92. The van der Waals surface area contributed by atoms with Crippen molar-refractivity contribution < 1.29 is 22.9 Å². The third-order valence-corrected chi connectivity index (χ3v) is 5.54. The van der Waals surface area contributed by atoms with Crippen LogP contribution in [0.25, 0.3) is 4.72 Å². The van der Waals surface area contributed by atoms with Crippen LogP contribution < -0.4 is 15.0 Å². The van der Waals surface area contributed by atoms with Gasteiger partial charge in [0.05, 0.1) is 18.1 Å². The number of pyridine rings is 1. The fourth-order valence-electron chi connectivity index (χ4n) is 2.31. The molecule has 0 aliphatic heterocycles. The second kappa shape index (κ2) is 8.41. The molecule has 0 radical (unpaired) electrons. The predicted molar refractivity (Wildman–Crippen MR) is 108 cm³/mol. The molecular weight excluding hydrogens is 446 g/mol. The quantitative estimate of drug-likeness (QED) is 0.600. The minimum Gasteiger partial charge on any atom is -0.573 e. The fourth-order valence-corrected chi connectivity index (χ4v) is 3.61. The largest absolute Gasteiger partial charge is 0.573 e. The van der Waals surface area contributed by atoms with E-state index < -0.39 is 15.9 Å². The lowest BCUT2D eigenvalue weighted by Crippen LogP contribution is -2.15. The van der Waals surface area contributed by atoms with Gasteiger partial charge in [-0.25, -0.2) is 8.42 Å². The Labute approximate surface area is 170 Å². The first-order valence-electron chi connectivity index (χ1n) is 8.08. The van der Waals surface area contributed by atoms with Crippen LogP contribution in [-0.2, 0) is 10.0 Å². The second-order valence-corrected chi connectivity index (χ2v) is 8.19. The number of ether oxygens (including phenoxy) is 1. The van der Waals surface area contributed by atoms with Crippen molar-refractivity contribution >= 4 is 43.2 Å². The molecule has 9 heteroatoms. The third-order valence-electron chi connectivity index (χ3n) is 3.71. The van der Waals surface area contributed by atoms with E-state index in [1.54, 1.807) is 42.6 Å². The van der Waals surface area contributed by atoms with Gasteiger partial charge in [-0.3, -0.25) is 4.79 Å². The van der Waals surface area contributed by atoms with E-state index in [4.69, 9.17) is 4.74 Å². The Hall–Kier alpha value is -2.91. The normalized spacial score (nSPS) is 10.9. The summed E-state index contributed by atoms with van der Waals surface area (Å²) in [5, 5.41) is 2.69. The molecule has 144 valence electrons. The molecule has 2 aromatic carbocycles. The third kappa shape index (κ3) is 4.87. The number of hydrogen-bond acceptors (Lipinski definition) is 4. The summed E-state index contributed by atoms with van der Waals surface area (Å²) in [5.74, 6) is 0.0971. The van der Waals surface area contributed by atoms with E-state index in [2.05, 4.69) is 31.0 Å². The molecule has 1 aromatic heterocycles. The number of methoxy groups -OCH3 is 1. The van der Waals surface area contributed by atoms with Gasteiger partial charge in [-0.15, -0.1) is 5.69 Å². The molecule has 7 nitrogen and oxygen atoms in total. The Kier molecular flexibility index (Phi) is 5.96. The summed E-state index contributed by atoms with van der Waals surface area (Å²) in [6.45, 7) is 0. The first-order valence-corrected chi connectivity index (χ1v) is 10.3. The highest BCUT2D eigenvalue weighted by atomic mass is 79.9. The van der Waals surface area contributed by atoms with Gasteiger partial charge in [0, 0.05) is 10.0 Å². The van der Waals surface area contributed by atoms with Crippen LogP contribution in [0.5, 0.6) is 5.88 Å². The zero-order valence-electron chi connectivity index (χ0n) is 14.7. The lowest BCUT2D eigenvalue weighted by Gasteiger charge is -2.22. The van der Waals surface area contributed by atoms with Gasteiger partial charge in [0.2, 0.25) is 0 Å². The molecule has 3 aromatic rings. The smallest absolute Gasteiger partial charge is 0.365 e. The summed E-state index contributed by atoms with van der Waals surface area (Å²) in [6.07, 6.45) is 1.57. The van der Waals surface area contributed by atoms with Gasteiger partial charge >= 0.3 is 5.88 Å². The average Bonchev–Trinajstić information content (AvgIpc) is 2.70. The number of H-pyrrole nitrogens is 1. The molecule has 28 heavy (non-hydrogen) atoms. The lowest BCUT2D eigenvalue weighted by molar-refractivity contribution is -0.392. The number of aromatic amines is 1. The number of aromatic nitrogens is 1. The van der Waals surface area contributed by atoms with Crippen LogP contribution in [0.1, 0.15) is 10.4 Å². The van der Waals surface area contributed by atoms with Crippen molar-refractivity contribution in [1.82, 2.24) is 0 Å². The molecule has 3 rings (SSSR count). The van der Waals surface area contributed by atoms with Gasteiger partial charge in [-0.05, 0) is 36.4 Å². The Morgan fingerprint density at radius 2 is 1.86 bits per heavy atom. The van der Waals surface area contributed by atoms with Crippen molar-refractivity contribution in [2.24, 2.45) is 0 Å². The maximum atomic E-state index is 12.6. The average molecular weight is 462 g/mol. The number of rotatable bonds is 6. The molecule has 0 bridgehead atoms. The standard InChI is InChI=1S/C19H15BrN3O4S/c1-27-18-10-9-16(12-21-18)22-19(24)13-3-2-4-17(11-13)28(25,26)23-15-7-5-14(20)6-8-15/h2-12H,1H3,(H,22,24)/q-1/p+1. The molecule has 0 unspecified atom stereocenters. The van der Waals surface area contributed by atoms with Crippen LogP contribution in [0.15, 0.2) is 76.2 Å². The number of carbonyl (C=O) groups is 1. The Bertz CT molecular complexity index is 1080. The van der Waals surface area contributed by atoms with E-state index in [1.807, 2.05) is 0 Å². The molecule has 1 amide bonds. The van der Waals surface area contributed by atoms with Crippen molar-refractivity contribution in [3.63, 3.8) is 0 Å². The SMILES string of the molecule is COc1ccc(NC(=O)c2cccc(S(=O)(=O)[N-]c3ccc(Br)cc3)c2)c[nH+]1. The van der Waals surface area contributed by atoms with E-state index in [1.165, 1.54) is 31.4 Å². The number of sulfonamides is 1. The summed E-state index contributed by atoms with van der Waals surface area (Å²) in [6, 6.07) is 15.6. The zero-order chi connectivity index (χ0) is 20.1. The summed E-state index contributed by atoms with van der Waals surface area (Å²) >= 11 is 3.29. The van der Waals surface area contributed by atoms with Crippen molar-refractivity contribution in [3.8, 4) is 5.88 Å². The van der Waals surface area contributed by atoms with Gasteiger partial charge < -0.3 is 14.8 Å². The minimum absolute atomic E-state index is 0.0654. The number of nitrogens with zero attached hydrogens (tertiary/aromatic N) is 1. The second-order valence-electron chi connectivity index (χ2n) is 5.67. The number of amides is 1. The summed E-state index contributed by atoms with van der Waals surface area (Å²) in [7, 11) is -2.43. The Balaban J connectivity index is 1.78. The lowest BCUT2D eigenvalue weighted by atomic mass is 10.2. The minimum atomic E-state index is -3.96. The monoisotopic (exact) mass is 461 g/mol. The van der Waals surface area contributed by atoms with Crippen molar-refractivity contribution in [2.45, 2.75) is 4.90 Å². The van der Waals surface area contributed by atoms with Crippen LogP contribution >= 0.6 is 15.9 Å². The van der Waals surface area contributed by atoms with Gasteiger partial charge in [0.1, 0.15) is 15.7 Å². The van der Waals surface area contributed by atoms with Gasteiger partial charge in [-0.1, -0.05) is 34.1 Å². The number of anilines is 1. The summed E-state index contributed by atoms with van der Waals surface area (Å²) in [5.41, 5.74) is 1.01. The number of hydrogen-bond donors (Lipinski definition) is 1. The van der Waals surface area contributed by atoms with Crippen LogP contribution in [0.3, 0.4) is 0 Å². The van der Waals surface area contributed by atoms with E-state index >= 15 is 0 Å². The molecule has 0 aliphatic rings. The van der Waals surface area contributed by atoms with Gasteiger partial charge in [0.15, 0.2) is 6.20 Å². The first kappa shape index (κ1) is 19.8. The van der Waals surface area contributed by atoms with E-state index in [9.17, 15) is 13.2 Å². The van der Waals surface area contributed by atoms with E-state index in [-0.39, 0.29) is 10.5 Å². The summed E-state index contributed by atoms with van der Waals surface area (Å²) in [4.78, 5) is 15.3. The van der Waals surface area contributed by atoms with Crippen LogP contribution in [0.2, 0.25) is 0 Å². The molecule has 0 fully saturated rings. The molecule has 0 saturated carbocycles. The van der Waals surface area contributed by atoms with Crippen LogP contribution in [0.4, 0.5) is 11.4 Å². The van der Waals surface area contributed by atoms with E-state index in [0.29, 0.717) is 17.3 Å². The van der Waals surface area contributed by atoms with E-state index in [0.717, 1.165) is 4.47 Å². The van der Waals surface area contributed by atoms with Crippen LogP contribution in [-0.4, -0.2) is 21.4 Å². The number of carbonyl (C=O) groups excluding carboxylic acids is 1. The Morgan fingerprint density at radius 3 is 2.50 bits per heavy atom. The molecule has 1 heterocycles. The van der Waals surface area contributed by atoms with Gasteiger partial charge in [0.25, 0.3) is 5.91 Å². The molecule has 0 spiro atoms. The van der Waals surface area contributed by atoms with Crippen LogP contribution in [0, 0.1) is 0 Å². The van der Waals surface area contributed by atoms with Gasteiger partial charge in [-0.2, -0.15) is 4.98 Å². The fraction of sp³-hybridized carbons (Fsp3) is 0.0526. The maximum Gasteiger partial charge on any atom is 0.365 e. The maximum absolute atomic E-state index is 12.6. The van der Waals surface area contributed by atoms with Crippen molar-refractivity contribution in [1.29, 1.82) is 0 Å². The molecule has 0 aliphatic carbocycles. The molecular formula is C19H16BrN3O4S. The van der Waals surface area contributed by atoms with Crippen molar-refractivity contribution in [2.75, 3.05) is 12.4 Å². The van der Waals surface area contributed by atoms with Crippen molar-refractivity contribution in [3.05, 3.63) is 81.6 Å². The molecule has 0 atom stereocenters. The number of halogens is 1. The number of nitrogens with one attached hydrogen (secondary N) is 2. The zero-order valence-corrected chi connectivity index (χ0v) is 17.1. The first-order chi connectivity index (χ1) is 13.4. The highest BCUT2D eigenvalue weighted by molar-refractivity contribution is 9.10. The summed E-state index contributed by atoms with van der Waals surface area (Å²) < 4.78 is 34.8. The molecule has 0 saturated heterocycles. The topological polar surface area (TPSA) is 101 Å². The molecule has 2 N–H and O–H groups in total. The highest BCUT2D eigenvalue weighted by Gasteiger charge is 2.12. The number of benzene rings is 2. The Morgan fingerprint density at radius 1 is 1.11 bits per heavy atom.